The van der Waals surface area contributed by atoms with Crippen molar-refractivity contribution >= 4 is 16.9 Å². The fraction of sp³-hybridized carbons (Fsp3) is 0.118. The molecule has 0 atom stereocenters. The van der Waals surface area contributed by atoms with Crippen molar-refractivity contribution in [3.8, 4) is 0 Å². The van der Waals surface area contributed by atoms with Crippen molar-refractivity contribution in [2.75, 3.05) is 0 Å². The third-order valence-corrected chi connectivity index (χ3v) is 3.62. The summed E-state index contributed by atoms with van der Waals surface area (Å²) in [5.74, 6) is -1.77. The average Bonchev–Trinajstić information content (AvgIpc) is 2.84. The molecule has 0 bridgehead atoms. The van der Waals surface area contributed by atoms with E-state index in [1.807, 2.05) is 0 Å². The highest BCUT2D eigenvalue weighted by molar-refractivity contribution is 5.94. The maximum Gasteiger partial charge on any atom is 0.352 e. The fourth-order valence-corrected chi connectivity index (χ4v) is 2.55. The predicted octanol–water partition coefficient (Wildman–Crippen LogP) is 3.86. The van der Waals surface area contributed by atoms with Crippen LogP contribution < -0.4 is 0 Å². The van der Waals surface area contributed by atoms with E-state index in [4.69, 9.17) is 0 Å². The predicted molar refractivity (Wildman–Crippen MR) is 79.0 cm³/mol. The van der Waals surface area contributed by atoms with E-state index in [-0.39, 0.29) is 11.5 Å². The largest absolute Gasteiger partial charge is 0.477 e. The fourth-order valence-electron chi connectivity index (χ4n) is 2.55. The molecule has 0 saturated heterocycles. The summed E-state index contributed by atoms with van der Waals surface area (Å²) in [5, 5.41) is 9.86. The molecule has 5 heteroatoms. The molecule has 1 N–H and O–H groups in total. The molecule has 0 radical (unpaired) electrons. The van der Waals surface area contributed by atoms with Gasteiger partial charge in [0.05, 0.1) is 0 Å². The zero-order valence-electron chi connectivity index (χ0n) is 11.6. The minimum absolute atomic E-state index is 0.114. The lowest BCUT2D eigenvalue weighted by Gasteiger charge is -2.08. The van der Waals surface area contributed by atoms with Crippen molar-refractivity contribution in [1.82, 2.24) is 4.57 Å². The van der Waals surface area contributed by atoms with Crippen LogP contribution in [-0.4, -0.2) is 15.6 Å². The number of hydrogen-bond acceptors (Lipinski definition) is 1. The Morgan fingerprint density at radius 1 is 1.00 bits per heavy atom. The van der Waals surface area contributed by atoms with Crippen LogP contribution in [0.1, 0.15) is 16.1 Å². The number of hydrogen-bond donors (Lipinski definition) is 1. The Labute approximate surface area is 125 Å². The van der Waals surface area contributed by atoms with Crippen LogP contribution in [0, 0.1) is 11.6 Å². The van der Waals surface area contributed by atoms with Gasteiger partial charge in [-0.15, -0.1) is 0 Å². The molecule has 0 unspecified atom stereocenters. The molecule has 3 aromatic rings. The van der Waals surface area contributed by atoms with Gasteiger partial charge in [-0.1, -0.05) is 12.1 Å². The standard InChI is InChI=1S/C17H13F2NO2/c18-13-3-1-11(2-4-13)7-8-20-15-6-5-14(19)9-12(15)10-16(20)17(21)22/h1-6,9-10H,7-8H2,(H,21,22). The number of benzene rings is 2. The molecule has 0 fully saturated rings. The molecule has 22 heavy (non-hydrogen) atoms. The van der Waals surface area contributed by atoms with E-state index in [1.54, 1.807) is 22.8 Å². The Morgan fingerprint density at radius 3 is 2.36 bits per heavy atom. The van der Waals surface area contributed by atoms with Crippen molar-refractivity contribution in [1.29, 1.82) is 0 Å². The van der Waals surface area contributed by atoms with Gasteiger partial charge < -0.3 is 9.67 Å². The van der Waals surface area contributed by atoms with Crippen LogP contribution in [0.25, 0.3) is 10.9 Å². The van der Waals surface area contributed by atoms with Crippen molar-refractivity contribution < 1.29 is 18.7 Å². The number of aromatic carboxylic acids is 1. The van der Waals surface area contributed by atoms with Gasteiger partial charge in [-0.3, -0.25) is 0 Å². The number of rotatable bonds is 4. The van der Waals surface area contributed by atoms with Crippen LogP contribution in [0.4, 0.5) is 8.78 Å². The number of fused-ring (bicyclic) bond motifs is 1. The maximum absolute atomic E-state index is 13.3. The van der Waals surface area contributed by atoms with Crippen LogP contribution in [0.2, 0.25) is 0 Å². The summed E-state index contributed by atoms with van der Waals surface area (Å²) in [4.78, 5) is 11.4. The van der Waals surface area contributed by atoms with Crippen LogP contribution in [0.5, 0.6) is 0 Å². The Morgan fingerprint density at radius 2 is 1.68 bits per heavy atom. The minimum atomic E-state index is -1.06. The third kappa shape index (κ3) is 2.70. The van der Waals surface area contributed by atoms with Gasteiger partial charge in [0.1, 0.15) is 17.3 Å². The third-order valence-electron chi connectivity index (χ3n) is 3.62. The number of aryl methyl sites for hydroxylation is 2. The Kier molecular flexibility index (Phi) is 3.63. The summed E-state index contributed by atoms with van der Waals surface area (Å²) in [6.45, 7) is 0.419. The number of carboxylic acids is 1. The highest BCUT2D eigenvalue weighted by Crippen LogP contribution is 2.22. The van der Waals surface area contributed by atoms with E-state index in [2.05, 4.69) is 0 Å². The molecule has 1 aromatic heterocycles. The lowest BCUT2D eigenvalue weighted by molar-refractivity contribution is 0.0685. The zero-order valence-corrected chi connectivity index (χ0v) is 11.6. The molecule has 2 aromatic carbocycles. The monoisotopic (exact) mass is 301 g/mol. The molecular formula is C17H13F2NO2. The Hall–Kier alpha value is -2.69. The van der Waals surface area contributed by atoms with E-state index in [1.165, 1.54) is 30.3 Å². The second-order valence-electron chi connectivity index (χ2n) is 5.07. The van der Waals surface area contributed by atoms with Crippen molar-refractivity contribution in [3.05, 3.63) is 71.4 Å². The first-order valence-corrected chi connectivity index (χ1v) is 6.81. The normalized spacial score (nSPS) is 11.0. The van der Waals surface area contributed by atoms with Crippen LogP contribution >= 0.6 is 0 Å². The number of carbonyl (C=O) groups is 1. The lowest BCUT2D eigenvalue weighted by Crippen LogP contribution is -2.10. The van der Waals surface area contributed by atoms with E-state index in [0.29, 0.717) is 23.9 Å². The van der Waals surface area contributed by atoms with Crippen molar-refractivity contribution in [2.24, 2.45) is 0 Å². The summed E-state index contributed by atoms with van der Waals surface area (Å²) < 4.78 is 27.8. The van der Waals surface area contributed by atoms with Crippen LogP contribution in [0.15, 0.2) is 48.5 Å². The van der Waals surface area contributed by atoms with Gasteiger partial charge >= 0.3 is 5.97 Å². The zero-order chi connectivity index (χ0) is 15.7. The van der Waals surface area contributed by atoms with E-state index >= 15 is 0 Å². The summed E-state index contributed by atoms with van der Waals surface area (Å²) in [5.41, 5.74) is 1.69. The van der Waals surface area contributed by atoms with Gasteiger partial charge in [0.25, 0.3) is 0 Å². The summed E-state index contributed by atoms with van der Waals surface area (Å²) in [6.07, 6.45) is 0.557. The molecule has 0 aliphatic rings. The van der Waals surface area contributed by atoms with Crippen LogP contribution in [0.3, 0.4) is 0 Å². The summed E-state index contributed by atoms with van der Waals surface area (Å²) in [6, 6.07) is 11.7. The highest BCUT2D eigenvalue weighted by Gasteiger charge is 2.15. The average molecular weight is 301 g/mol. The molecule has 0 saturated carbocycles. The van der Waals surface area contributed by atoms with Gasteiger partial charge in [-0.25, -0.2) is 13.6 Å². The van der Waals surface area contributed by atoms with Gasteiger partial charge in [-0.05, 0) is 48.4 Å². The smallest absolute Gasteiger partial charge is 0.352 e. The molecule has 3 nitrogen and oxygen atoms in total. The summed E-state index contributed by atoms with van der Waals surface area (Å²) >= 11 is 0. The first-order chi connectivity index (χ1) is 10.5. The molecule has 0 amide bonds. The number of nitrogens with zero attached hydrogens (tertiary/aromatic N) is 1. The van der Waals surface area contributed by atoms with Gasteiger partial charge in [-0.2, -0.15) is 0 Å². The highest BCUT2D eigenvalue weighted by atomic mass is 19.1. The topological polar surface area (TPSA) is 42.2 Å². The van der Waals surface area contributed by atoms with Gasteiger partial charge in [0.15, 0.2) is 0 Å². The van der Waals surface area contributed by atoms with Gasteiger partial charge in [0.2, 0.25) is 0 Å². The number of halogens is 2. The minimum Gasteiger partial charge on any atom is -0.477 e. The number of aromatic nitrogens is 1. The Balaban J connectivity index is 1.96. The molecular weight excluding hydrogens is 288 g/mol. The lowest BCUT2D eigenvalue weighted by atomic mass is 10.1. The molecule has 0 aliphatic heterocycles. The maximum atomic E-state index is 13.3. The second kappa shape index (κ2) is 5.60. The molecule has 3 rings (SSSR count). The molecule has 112 valence electrons. The Bertz CT molecular complexity index is 838. The first-order valence-electron chi connectivity index (χ1n) is 6.81. The molecule has 0 aliphatic carbocycles. The van der Waals surface area contributed by atoms with Crippen molar-refractivity contribution in [2.45, 2.75) is 13.0 Å². The van der Waals surface area contributed by atoms with Gasteiger partial charge in [0, 0.05) is 17.4 Å². The van der Waals surface area contributed by atoms with E-state index in [0.717, 1.165) is 5.56 Å². The first kappa shape index (κ1) is 14.3. The SMILES string of the molecule is O=C(O)c1cc2cc(F)ccc2n1CCc1ccc(F)cc1. The second-order valence-corrected chi connectivity index (χ2v) is 5.07. The van der Waals surface area contributed by atoms with Crippen LogP contribution in [-0.2, 0) is 13.0 Å². The van der Waals surface area contributed by atoms with E-state index in [9.17, 15) is 18.7 Å². The van der Waals surface area contributed by atoms with Crippen molar-refractivity contribution in [3.63, 3.8) is 0 Å². The molecule has 0 spiro atoms. The van der Waals surface area contributed by atoms with E-state index < -0.39 is 11.8 Å². The summed E-state index contributed by atoms with van der Waals surface area (Å²) in [7, 11) is 0. The molecule has 1 heterocycles. The number of carboxylic acid groups (broad SMARTS) is 1. The quantitative estimate of drug-likeness (QED) is 0.795.